The van der Waals surface area contributed by atoms with Gasteiger partial charge in [0.15, 0.2) is 0 Å². The number of hydrogen-bond donors (Lipinski definition) is 0. The first-order valence-corrected chi connectivity index (χ1v) is 11.1. The molecule has 0 aromatic carbocycles. The zero-order valence-electron chi connectivity index (χ0n) is 5.37. The van der Waals surface area contributed by atoms with E-state index in [1.165, 1.54) is 30.1 Å². The molecule has 0 saturated heterocycles. The van der Waals surface area contributed by atoms with Gasteiger partial charge in [0, 0.05) is 0 Å². The summed E-state index contributed by atoms with van der Waals surface area (Å²) in [6.45, 7) is 0. The predicted molar refractivity (Wildman–Crippen MR) is 45.4 cm³/mol. The van der Waals surface area contributed by atoms with E-state index in [1.807, 2.05) is 0 Å². The summed E-state index contributed by atoms with van der Waals surface area (Å²) in [7, 11) is 0. The molecule has 0 atom stereocenters. The predicted octanol–water partition coefficient (Wildman–Crippen LogP) is -0.0742. The van der Waals surface area contributed by atoms with Crippen molar-refractivity contribution < 1.29 is 17.2 Å². The molecule has 0 spiro atoms. The first kappa shape index (κ1) is 8.30. The topological polar surface area (TPSA) is 0 Å². The second kappa shape index (κ2) is 4.93. The van der Waals surface area contributed by atoms with Crippen LogP contribution in [-0.2, 0) is 0 Å². The Morgan fingerprint density at radius 3 is 3.11 bits per heavy atom. The summed E-state index contributed by atoms with van der Waals surface area (Å²) >= 11 is 3.08. The van der Waals surface area contributed by atoms with E-state index in [-0.39, 0.29) is 0 Å². The van der Waals surface area contributed by atoms with Gasteiger partial charge >= 0.3 is 77.6 Å². The molecule has 0 saturated carbocycles. The molecule has 0 nitrogen and oxygen atoms in total. The van der Waals surface area contributed by atoms with Gasteiger partial charge < -0.3 is 0 Å². The van der Waals surface area contributed by atoms with Crippen molar-refractivity contribution in [3.63, 3.8) is 0 Å². The molecule has 1 rings (SSSR count). The third-order valence-corrected chi connectivity index (χ3v) is 5.30. The summed E-state index contributed by atoms with van der Waals surface area (Å²) in [5.74, 6) is 0. The van der Waals surface area contributed by atoms with E-state index in [2.05, 4.69) is 24.7 Å². The molecule has 0 bridgehead atoms. The van der Waals surface area contributed by atoms with Crippen LogP contribution in [0.5, 0.6) is 0 Å². The molecule has 0 aromatic heterocycles. The van der Waals surface area contributed by atoms with Crippen LogP contribution < -0.4 is 17.2 Å². The first-order valence-electron chi connectivity index (χ1n) is 3.31. The van der Waals surface area contributed by atoms with Crippen molar-refractivity contribution in [3.8, 4) is 0 Å². The van der Waals surface area contributed by atoms with Crippen molar-refractivity contribution in [2.45, 2.75) is 25.7 Å². The Hall–Kier alpha value is 1.20. The fourth-order valence-electron chi connectivity index (χ4n) is 1.12. The van der Waals surface area contributed by atoms with Crippen molar-refractivity contribution >= 4 is 18.6 Å². The molecule has 0 N–H and O–H groups in total. The number of hydrogen-bond acceptors (Lipinski definition) is 0. The minimum atomic E-state index is 0.519. The molecule has 0 aliphatic heterocycles. The van der Waals surface area contributed by atoms with Gasteiger partial charge in [0.05, 0.1) is 0 Å². The third kappa shape index (κ3) is 3.20. The van der Waals surface area contributed by atoms with Crippen LogP contribution >= 0.6 is 18.6 Å². The van der Waals surface area contributed by atoms with Crippen LogP contribution in [-0.4, -0.2) is 4.43 Å². The van der Waals surface area contributed by atoms with E-state index in [4.69, 9.17) is 0 Å². The number of allylic oxidation sites excluding steroid dienone is 2. The van der Waals surface area contributed by atoms with Crippen molar-refractivity contribution in [1.82, 2.24) is 0 Å². The SMILES string of the molecule is I[I-]CCC1=CCCC1. The normalized spacial score (nSPS) is 18.6. The first-order chi connectivity index (χ1) is 4.43. The van der Waals surface area contributed by atoms with Gasteiger partial charge in [0.1, 0.15) is 0 Å². The maximum absolute atomic E-state index is 2.56. The summed E-state index contributed by atoms with van der Waals surface area (Å²) in [6.07, 6.45) is 8.04. The van der Waals surface area contributed by atoms with Crippen LogP contribution in [0, 0.1) is 0 Å². The van der Waals surface area contributed by atoms with Crippen molar-refractivity contribution in [1.29, 1.82) is 0 Å². The van der Waals surface area contributed by atoms with E-state index in [0.717, 1.165) is 0 Å². The molecule has 2 heteroatoms. The van der Waals surface area contributed by atoms with Gasteiger partial charge in [-0.1, -0.05) is 0 Å². The van der Waals surface area contributed by atoms with Gasteiger partial charge in [0.25, 0.3) is 0 Å². The second-order valence-corrected chi connectivity index (χ2v) is 7.82. The molecule has 0 aromatic rings. The van der Waals surface area contributed by atoms with Gasteiger partial charge in [0.2, 0.25) is 0 Å². The average Bonchev–Trinajstić information content (AvgIpc) is 2.34. The van der Waals surface area contributed by atoms with E-state index >= 15 is 0 Å². The molecule has 1 aliphatic rings. The molecule has 54 valence electrons. The standard InChI is InChI=1S/C7H11I2/c8-9-6-5-7-3-1-2-4-7/h3H,1-2,4-6H2/q-1. The molecule has 0 heterocycles. The van der Waals surface area contributed by atoms with Crippen LogP contribution in [0.3, 0.4) is 0 Å². The quantitative estimate of drug-likeness (QED) is 0.380. The van der Waals surface area contributed by atoms with Gasteiger partial charge in [-0.05, 0) is 0 Å². The van der Waals surface area contributed by atoms with Crippen LogP contribution in [0.15, 0.2) is 11.6 Å². The minimum absolute atomic E-state index is 0.519. The Bertz CT molecular complexity index is 107. The summed E-state index contributed by atoms with van der Waals surface area (Å²) in [4.78, 5) is 0. The molecular weight excluding hydrogens is 338 g/mol. The van der Waals surface area contributed by atoms with Crippen molar-refractivity contribution in [2.75, 3.05) is 4.43 Å². The summed E-state index contributed by atoms with van der Waals surface area (Å²) in [6, 6.07) is 0. The van der Waals surface area contributed by atoms with Gasteiger partial charge in [-0.2, -0.15) is 0 Å². The zero-order valence-corrected chi connectivity index (χ0v) is 9.68. The van der Waals surface area contributed by atoms with E-state index in [9.17, 15) is 0 Å². The molecular formula is C7H11I2-. The Labute approximate surface area is 76.9 Å². The average molecular weight is 349 g/mol. The molecule has 0 unspecified atom stereocenters. The van der Waals surface area contributed by atoms with E-state index in [1.54, 1.807) is 5.57 Å². The summed E-state index contributed by atoms with van der Waals surface area (Å²) < 4.78 is 1.49. The van der Waals surface area contributed by atoms with Gasteiger partial charge in [-0.25, -0.2) is 0 Å². The second-order valence-electron chi connectivity index (χ2n) is 2.29. The molecule has 9 heavy (non-hydrogen) atoms. The molecule has 1 aliphatic carbocycles. The number of alkyl halides is 1. The monoisotopic (exact) mass is 349 g/mol. The third-order valence-electron chi connectivity index (χ3n) is 1.62. The van der Waals surface area contributed by atoms with Crippen LogP contribution in [0.2, 0.25) is 0 Å². The van der Waals surface area contributed by atoms with Gasteiger partial charge in [-0.3, -0.25) is 0 Å². The van der Waals surface area contributed by atoms with Crippen molar-refractivity contribution in [3.05, 3.63) is 11.6 Å². The molecule has 0 radical (unpaired) electrons. The Morgan fingerprint density at radius 2 is 2.56 bits per heavy atom. The van der Waals surface area contributed by atoms with E-state index < -0.39 is 0 Å². The Morgan fingerprint density at radius 1 is 1.67 bits per heavy atom. The van der Waals surface area contributed by atoms with Crippen LogP contribution in [0.4, 0.5) is 0 Å². The zero-order chi connectivity index (χ0) is 6.53. The fourth-order valence-corrected chi connectivity index (χ4v) is 3.39. The van der Waals surface area contributed by atoms with Crippen molar-refractivity contribution in [2.24, 2.45) is 0 Å². The molecule has 0 fully saturated rings. The van der Waals surface area contributed by atoms with E-state index in [0.29, 0.717) is 17.2 Å². The molecule has 0 amide bonds. The maximum atomic E-state index is 2.56. The number of rotatable bonds is 3. The summed E-state index contributed by atoms with van der Waals surface area (Å²) in [5.41, 5.74) is 1.74. The number of halogens is 2. The summed E-state index contributed by atoms with van der Waals surface area (Å²) in [5, 5.41) is 0. The Balaban J connectivity index is 2.11. The van der Waals surface area contributed by atoms with Crippen LogP contribution in [0.1, 0.15) is 25.7 Å². The van der Waals surface area contributed by atoms with Gasteiger partial charge in [-0.15, -0.1) is 0 Å². The Kier molecular flexibility index (Phi) is 4.55. The fraction of sp³-hybridized carbons (Fsp3) is 0.714. The van der Waals surface area contributed by atoms with Crippen LogP contribution in [0.25, 0.3) is 0 Å².